The van der Waals surface area contributed by atoms with Crippen molar-refractivity contribution >= 4 is 96.1 Å². The van der Waals surface area contributed by atoms with E-state index in [0.29, 0.717) is 0 Å². The van der Waals surface area contributed by atoms with Crippen LogP contribution in [0.15, 0.2) is 170 Å². The molecule has 226 valence electrons. The molecule has 0 saturated heterocycles. The second-order valence-corrected chi connectivity index (χ2v) is 14.3. The smallest absolute Gasteiger partial charge is 0.0434 e. The fourth-order valence-electron chi connectivity index (χ4n) is 8.25. The van der Waals surface area contributed by atoms with Gasteiger partial charge in [0, 0.05) is 20.2 Å². The first-order valence-electron chi connectivity index (χ1n) is 16.9. The highest BCUT2D eigenvalue weighted by molar-refractivity contribution is 7.26. The summed E-state index contributed by atoms with van der Waals surface area (Å²) in [6, 6.07) is 63.3. The van der Waals surface area contributed by atoms with E-state index in [-0.39, 0.29) is 0 Å². The zero-order valence-electron chi connectivity index (χ0n) is 26.6. The van der Waals surface area contributed by atoms with Crippen molar-refractivity contribution < 1.29 is 0 Å². The van der Waals surface area contributed by atoms with Crippen LogP contribution in [0.3, 0.4) is 0 Å². The van der Waals surface area contributed by atoms with Gasteiger partial charge in [0.15, 0.2) is 0 Å². The largest absolute Gasteiger partial charge is 0.134 e. The van der Waals surface area contributed by atoms with Crippen LogP contribution in [0.2, 0.25) is 0 Å². The molecule has 0 aliphatic rings. The van der Waals surface area contributed by atoms with Crippen LogP contribution in [0.5, 0.6) is 0 Å². The van der Waals surface area contributed by atoms with E-state index in [1.165, 1.54) is 107 Å². The number of hydrogen-bond donors (Lipinski definition) is 0. The van der Waals surface area contributed by atoms with Gasteiger partial charge in [0.2, 0.25) is 0 Å². The van der Waals surface area contributed by atoms with Gasteiger partial charge in [-0.3, -0.25) is 0 Å². The molecular weight excluding hydrogens is 609 g/mol. The van der Waals surface area contributed by atoms with Crippen LogP contribution in [-0.4, -0.2) is 0 Å². The van der Waals surface area contributed by atoms with Crippen molar-refractivity contribution in [3.8, 4) is 22.3 Å². The number of benzene rings is 10. The summed E-state index contributed by atoms with van der Waals surface area (Å²) < 4.78 is 2.68. The minimum Gasteiger partial charge on any atom is -0.134 e. The lowest BCUT2D eigenvalue weighted by atomic mass is 9.93. The monoisotopic (exact) mass is 636 g/mol. The summed E-state index contributed by atoms with van der Waals surface area (Å²) in [7, 11) is 0. The molecule has 0 fully saturated rings. The standard InChI is InChI=1S/C48H28S/c1-3-9-35-29(7-1)19-25-41-39(35)23-21-31-15-17-33(27-45(31)41)37-11-5-13-43-44-14-6-12-38(48(44)49-47(37)43)34-18-16-32-22-24-40-36-10-4-2-8-30(36)20-26-42(40)46(32)28-34/h1-28H. The maximum atomic E-state index is 2.41. The Balaban J connectivity index is 1.11. The average Bonchev–Trinajstić information content (AvgIpc) is 3.56. The summed E-state index contributed by atoms with van der Waals surface area (Å²) in [5.74, 6) is 0. The zero-order valence-corrected chi connectivity index (χ0v) is 27.4. The van der Waals surface area contributed by atoms with Gasteiger partial charge in [-0.2, -0.15) is 0 Å². The lowest BCUT2D eigenvalue weighted by molar-refractivity contribution is 1.72. The third-order valence-corrected chi connectivity index (χ3v) is 11.9. The highest BCUT2D eigenvalue weighted by Gasteiger charge is 2.16. The molecule has 0 spiro atoms. The van der Waals surface area contributed by atoms with E-state index in [1.54, 1.807) is 0 Å². The second kappa shape index (κ2) is 10.2. The van der Waals surface area contributed by atoms with Crippen LogP contribution in [-0.2, 0) is 0 Å². The van der Waals surface area contributed by atoms with Crippen molar-refractivity contribution in [2.24, 2.45) is 0 Å². The van der Waals surface area contributed by atoms with Gasteiger partial charge in [-0.1, -0.05) is 158 Å². The zero-order chi connectivity index (χ0) is 32.1. The predicted molar refractivity (Wildman–Crippen MR) is 215 cm³/mol. The molecule has 0 radical (unpaired) electrons. The first kappa shape index (κ1) is 27.0. The molecule has 0 nitrogen and oxygen atoms in total. The number of rotatable bonds is 2. The van der Waals surface area contributed by atoms with Crippen LogP contribution in [0.4, 0.5) is 0 Å². The topological polar surface area (TPSA) is 0 Å². The average molecular weight is 637 g/mol. The minimum atomic E-state index is 1.26. The van der Waals surface area contributed by atoms with E-state index < -0.39 is 0 Å². The molecule has 0 atom stereocenters. The van der Waals surface area contributed by atoms with Gasteiger partial charge in [0.05, 0.1) is 0 Å². The fraction of sp³-hybridized carbons (Fsp3) is 0. The molecule has 49 heavy (non-hydrogen) atoms. The Morgan fingerprint density at radius 2 is 0.612 bits per heavy atom. The Kier molecular flexibility index (Phi) is 5.64. The Hall–Kier alpha value is -6.02. The van der Waals surface area contributed by atoms with E-state index in [4.69, 9.17) is 0 Å². The van der Waals surface area contributed by atoms with E-state index in [2.05, 4.69) is 170 Å². The van der Waals surface area contributed by atoms with Gasteiger partial charge < -0.3 is 0 Å². The minimum absolute atomic E-state index is 1.26. The molecule has 0 aliphatic heterocycles. The molecule has 0 unspecified atom stereocenters. The Morgan fingerprint density at radius 1 is 0.245 bits per heavy atom. The predicted octanol–water partition coefficient (Wildman–Crippen LogP) is 14.3. The summed E-state index contributed by atoms with van der Waals surface area (Å²) in [6.07, 6.45) is 0. The normalized spacial score (nSPS) is 12.1. The van der Waals surface area contributed by atoms with E-state index in [0.717, 1.165) is 0 Å². The SMILES string of the molecule is c1ccc2c(c1)ccc1c3cc(-c4cccc5c4sc4c(-c6ccc7ccc8c9ccccc9ccc8c7c6)cccc45)ccc3ccc21. The molecule has 0 amide bonds. The first-order valence-corrected chi connectivity index (χ1v) is 17.7. The Bertz CT molecular complexity index is 2950. The Morgan fingerprint density at radius 3 is 1.08 bits per heavy atom. The second-order valence-electron chi connectivity index (χ2n) is 13.2. The fourth-order valence-corrected chi connectivity index (χ4v) is 9.62. The maximum absolute atomic E-state index is 2.41. The molecule has 10 aromatic carbocycles. The van der Waals surface area contributed by atoms with Crippen LogP contribution < -0.4 is 0 Å². The third kappa shape index (κ3) is 3.97. The third-order valence-electron chi connectivity index (χ3n) is 10.6. The van der Waals surface area contributed by atoms with Crippen molar-refractivity contribution in [3.63, 3.8) is 0 Å². The van der Waals surface area contributed by atoms with Crippen molar-refractivity contribution in [2.75, 3.05) is 0 Å². The van der Waals surface area contributed by atoms with Gasteiger partial charge >= 0.3 is 0 Å². The number of fused-ring (bicyclic) bond motifs is 13. The van der Waals surface area contributed by atoms with Crippen molar-refractivity contribution in [2.45, 2.75) is 0 Å². The maximum Gasteiger partial charge on any atom is 0.0434 e. The molecule has 0 aliphatic carbocycles. The van der Waals surface area contributed by atoms with Gasteiger partial charge in [-0.15, -0.1) is 11.3 Å². The van der Waals surface area contributed by atoms with Gasteiger partial charge in [0.1, 0.15) is 0 Å². The van der Waals surface area contributed by atoms with Crippen LogP contribution >= 0.6 is 11.3 Å². The van der Waals surface area contributed by atoms with Gasteiger partial charge in [-0.05, 0) is 99.0 Å². The van der Waals surface area contributed by atoms with Crippen LogP contribution in [0.25, 0.3) is 107 Å². The number of thiophene rings is 1. The molecule has 11 rings (SSSR count). The molecule has 11 aromatic rings. The molecule has 1 heteroatoms. The highest BCUT2D eigenvalue weighted by Crippen LogP contribution is 2.45. The van der Waals surface area contributed by atoms with E-state index in [1.807, 2.05) is 11.3 Å². The van der Waals surface area contributed by atoms with Crippen molar-refractivity contribution in [1.29, 1.82) is 0 Å². The molecule has 0 saturated carbocycles. The summed E-state index contributed by atoms with van der Waals surface area (Å²) in [6.45, 7) is 0. The summed E-state index contributed by atoms with van der Waals surface area (Å²) in [5.41, 5.74) is 5.11. The molecular formula is C48H28S. The quantitative estimate of drug-likeness (QED) is 0.166. The van der Waals surface area contributed by atoms with Gasteiger partial charge in [-0.25, -0.2) is 0 Å². The van der Waals surface area contributed by atoms with Crippen molar-refractivity contribution in [1.82, 2.24) is 0 Å². The van der Waals surface area contributed by atoms with Crippen LogP contribution in [0.1, 0.15) is 0 Å². The van der Waals surface area contributed by atoms with Crippen molar-refractivity contribution in [3.05, 3.63) is 170 Å². The summed E-state index contributed by atoms with van der Waals surface area (Å²) in [5, 5.41) is 18.2. The van der Waals surface area contributed by atoms with E-state index >= 15 is 0 Å². The summed E-state index contributed by atoms with van der Waals surface area (Å²) in [4.78, 5) is 0. The molecule has 0 bridgehead atoms. The van der Waals surface area contributed by atoms with E-state index in [9.17, 15) is 0 Å². The summed E-state index contributed by atoms with van der Waals surface area (Å²) >= 11 is 1.93. The lowest BCUT2D eigenvalue weighted by Crippen LogP contribution is -1.83. The first-order chi connectivity index (χ1) is 24.3. The molecule has 0 N–H and O–H groups in total. The molecule has 1 heterocycles. The number of hydrogen-bond acceptors (Lipinski definition) is 1. The van der Waals surface area contributed by atoms with Gasteiger partial charge in [0.25, 0.3) is 0 Å². The van der Waals surface area contributed by atoms with Crippen LogP contribution in [0, 0.1) is 0 Å². The highest BCUT2D eigenvalue weighted by atomic mass is 32.1. The molecule has 1 aromatic heterocycles. The Labute approximate surface area is 287 Å². The lowest BCUT2D eigenvalue weighted by Gasteiger charge is -2.10.